The van der Waals surface area contributed by atoms with Crippen LogP contribution in [0.15, 0.2) is 24.5 Å². The molecule has 0 unspecified atom stereocenters. The molecule has 0 saturated carbocycles. The van der Waals surface area contributed by atoms with E-state index in [9.17, 15) is 19.2 Å². The van der Waals surface area contributed by atoms with Crippen LogP contribution in [-0.4, -0.2) is 59.9 Å². The Labute approximate surface area is 206 Å². The first-order chi connectivity index (χ1) is 15.0. The number of carbonyl (C=O) groups is 4. The molecule has 1 saturated heterocycles. The topological polar surface area (TPSA) is 144 Å². The molecule has 0 radical (unpaired) electrons. The van der Waals surface area contributed by atoms with E-state index in [4.69, 9.17) is 41.6 Å². The van der Waals surface area contributed by atoms with Crippen LogP contribution in [0.2, 0.25) is 0 Å². The molecule has 0 aromatic carbocycles. The van der Waals surface area contributed by atoms with E-state index in [-0.39, 0.29) is 28.6 Å². The van der Waals surface area contributed by atoms with Crippen molar-refractivity contribution in [3.05, 3.63) is 30.1 Å². The van der Waals surface area contributed by atoms with Crippen LogP contribution in [0.1, 0.15) is 39.5 Å². The van der Waals surface area contributed by atoms with Crippen LogP contribution in [0.3, 0.4) is 0 Å². The third kappa shape index (κ3) is 8.02. The number of esters is 4. The number of aromatic nitrogens is 1. The number of ether oxygens (including phenoxy) is 5. The lowest BCUT2D eigenvalue weighted by atomic mass is 9.97. The Bertz CT molecular complexity index is 913. The highest BCUT2D eigenvalue weighted by Crippen LogP contribution is 2.32. The fourth-order valence-corrected chi connectivity index (χ4v) is 3.36. The van der Waals surface area contributed by atoms with Crippen molar-refractivity contribution >= 4 is 41.1 Å². The van der Waals surface area contributed by atoms with Crippen LogP contribution in [0, 0.1) is 0 Å². The summed E-state index contributed by atoms with van der Waals surface area (Å²) in [6.45, 7) is 4.36. The van der Waals surface area contributed by atoms with Gasteiger partial charge in [0.2, 0.25) is 6.10 Å². The Kier molecular flexibility index (Phi) is 10.8. The molecule has 5 atom stereocenters. The number of rotatable bonds is 7. The van der Waals surface area contributed by atoms with Gasteiger partial charge in [0.1, 0.15) is 17.7 Å². The zero-order valence-corrected chi connectivity index (χ0v) is 20.8. The van der Waals surface area contributed by atoms with Gasteiger partial charge in [-0.1, -0.05) is 12.2 Å². The smallest absolute Gasteiger partial charge is 0.304 e. The van der Waals surface area contributed by atoms with E-state index in [1.165, 1.54) is 18.4 Å². The summed E-state index contributed by atoms with van der Waals surface area (Å²) < 4.78 is 28.8. The Morgan fingerprint density at radius 2 is 1.52 bits per heavy atom. The number of hydrogen-bond donors (Lipinski definition) is 1. The second-order valence-electron chi connectivity index (χ2n) is 6.99. The van der Waals surface area contributed by atoms with E-state index in [0.29, 0.717) is 5.56 Å². The average Bonchev–Trinajstić information content (AvgIpc) is 2.68. The molecule has 0 amide bonds. The van der Waals surface area contributed by atoms with Gasteiger partial charge in [-0.25, -0.2) is 0 Å². The minimum atomic E-state index is -1.26. The molecule has 11 nitrogen and oxygen atoms in total. The molecule has 1 aliphatic rings. The van der Waals surface area contributed by atoms with E-state index in [0.717, 1.165) is 13.8 Å². The molecule has 1 aliphatic heterocycles. The Balaban J connectivity index is 0.00000544. The van der Waals surface area contributed by atoms with Crippen molar-refractivity contribution in [2.24, 2.45) is 5.73 Å². The second-order valence-corrected chi connectivity index (χ2v) is 7.43. The summed E-state index contributed by atoms with van der Waals surface area (Å²) in [7, 11) is 0. The lowest BCUT2D eigenvalue weighted by molar-refractivity contribution is -0.777. The highest BCUT2D eigenvalue weighted by atomic mass is 79.9. The largest absolute Gasteiger partial charge is 1.00 e. The van der Waals surface area contributed by atoms with E-state index in [2.05, 4.69) is 0 Å². The lowest BCUT2D eigenvalue weighted by Gasteiger charge is -2.41. The van der Waals surface area contributed by atoms with Crippen LogP contribution in [-0.2, 0) is 42.9 Å². The van der Waals surface area contributed by atoms with E-state index < -0.39 is 54.5 Å². The van der Waals surface area contributed by atoms with Crippen molar-refractivity contribution in [2.75, 3.05) is 6.61 Å². The molecule has 0 bridgehead atoms. The number of carbonyl (C=O) groups excluding carboxylic acids is 4. The molecular weight excluding hydrogens is 524 g/mol. The molecule has 2 rings (SSSR count). The van der Waals surface area contributed by atoms with Crippen LogP contribution in [0.4, 0.5) is 0 Å². The highest BCUT2D eigenvalue weighted by molar-refractivity contribution is 7.80. The number of thiocarbonyl (C=S) groups is 1. The predicted octanol–water partition coefficient (Wildman–Crippen LogP) is -3.13. The van der Waals surface area contributed by atoms with Crippen LogP contribution >= 0.6 is 12.2 Å². The minimum Gasteiger partial charge on any atom is -1.00 e. The van der Waals surface area contributed by atoms with Gasteiger partial charge in [0, 0.05) is 33.8 Å². The molecule has 0 aliphatic carbocycles. The van der Waals surface area contributed by atoms with Crippen molar-refractivity contribution in [2.45, 2.75) is 58.3 Å². The van der Waals surface area contributed by atoms with Gasteiger partial charge in [-0.2, -0.15) is 4.57 Å². The summed E-state index contributed by atoms with van der Waals surface area (Å²) in [5.41, 5.74) is 6.21. The second kappa shape index (κ2) is 12.6. The summed E-state index contributed by atoms with van der Waals surface area (Å²) in [4.78, 5) is 47.0. The first-order valence-electron chi connectivity index (χ1n) is 9.60. The summed E-state index contributed by atoms with van der Waals surface area (Å²) in [6.07, 6.45) is -2.67. The quantitative estimate of drug-likeness (QED) is 0.160. The lowest BCUT2D eigenvalue weighted by Crippen LogP contribution is -3.00. The van der Waals surface area contributed by atoms with Gasteiger partial charge in [-0.3, -0.25) is 19.2 Å². The SMILES string of the molecule is CC(=O)OC[C@H]1O[C@@H]([n+]2cccc(C(N)=S)c2)[C@H](OC(C)=O)[C@@H](OC(C)=O)[C@@H]1OC(C)=O.[Br-]. The maximum Gasteiger partial charge on any atom is 0.304 e. The van der Waals surface area contributed by atoms with E-state index in [1.54, 1.807) is 24.5 Å². The highest BCUT2D eigenvalue weighted by Gasteiger charge is 2.56. The fraction of sp³-hybridized carbons (Fsp3) is 0.500. The monoisotopic (exact) mass is 548 g/mol. The molecule has 0 spiro atoms. The van der Waals surface area contributed by atoms with Gasteiger partial charge in [-0.05, 0) is 6.07 Å². The van der Waals surface area contributed by atoms with Crippen molar-refractivity contribution in [1.82, 2.24) is 0 Å². The third-order valence-corrected chi connectivity index (χ3v) is 4.60. The minimum absolute atomic E-state index is 0. The zero-order chi connectivity index (χ0) is 24.0. The first-order valence-corrected chi connectivity index (χ1v) is 10.0. The number of hydrogen-bond acceptors (Lipinski definition) is 10. The molecule has 1 aromatic heterocycles. The Morgan fingerprint density at radius 3 is 2.03 bits per heavy atom. The van der Waals surface area contributed by atoms with Crippen molar-refractivity contribution in [3.8, 4) is 0 Å². The molecule has 1 aromatic rings. The zero-order valence-electron chi connectivity index (χ0n) is 18.4. The number of pyridine rings is 1. The van der Waals surface area contributed by atoms with Gasteiger partial charge in [0.25, 0.3) is 0 Å². The van der Waals surface area contributed by atoms with E-state index >= 15 is 0 Å². The fourth-order valence-electron chi connectivity index (χ4n) is 3.24. The summed E-state index contributed by atoms with van der Waals surface area (Å²) >= 11 is 5.02. The molecule has 13 heteroatoms. The van der Waals surface area contributed by atoms with Crippen LogP contribution < -0.4 is 27.3 Å². The Hall–Kier alpha value is -2.64. The van der Waals surface area contributed by atoms with Gasteiger partial charge in [0.15, 0.2) is 24.6 Å². The summed E-state index contributed by atoms with van der Waals surface area (Å²) in [5, 5.41) is 0. The number of halogens is 1. The molecule has 1 fully saturated rings. The van der Waals surface area contributed by atoms with Gasteiger partial charge in [-0.15, -0.1) is 0 Å². The summed E-state index contributed by atoms with van der Waals surface area (Å²) in [6, 6.07) is 3.31. The molecule has 2 heterocycles. The van der Waals surface area contributed by atoms with Crippen LogP contribution in [0.5, 0.6) is 0 Å². The van der Waals surface area contributed by atoms with Gasteiger partial charge >= 0.3 is 30.1 Å². The van der Waals surface area contributed by atoms with Crippen molar-refractivity contribution in [1.29, 1.82) is 0 Å². The van der Waals surface area contributed by atoms with Gasteiger partial charge < -0.3 is 46.4 Å². The maximum absolute atomic E-state index is 11.9. The summed E-state index contributed by atoms with van der Waals surface area (Å²) in [5.74, 6) is -2.70. The molecule has 182 valence electrons. The van der Waals surface area contributed by atoms with E-state index in [1.807, 2.05) is 0 Å². The average molecular weight is 549 g/mol. The van der Waals surface area contributed by atoms with Crippen molar-refractivity contribution < 1.29 is 64.4 Å². The molecular formula is C20H25BrN2O9S. The molecule has 33 heavy (non-hydrogen) atoms. The number of nitrogens with two attached hydrogens (primary N) is 1. The predicted molar refractivity (Wildman–Crippen MR) is 110 cm³/mol. The standard InChI is InChI=1S/C20H24N2O9S.BrH/c1-10(23)27-9-15-16(28-11(2)24)17(29-12(3)25)18(30-13(4)26)20(31-15)22-7-5-6-14(8-22)19(21)32;/h5-8,15-18,20H,9H2,1-4H3,(H-,21,32);1H/t15-,16-,17+,18-,20-;/m1./s1. The third-order valence-electron chi connectivity index (χ3n) is 4.37. The molecule has 2 N–H and O–H groups in total. The first kappa shape index (κ1) is 28.4. The Morgan fingerprint density at radius 1 is 0.970 bits per heavy atom. The number of nitrogens with zero attached hydrogens (tertiary/aromatic N) is 1. The van der Waals surface area contributed by atoms with Gasteiger partial charge in [0.05, 0.1) is 5.56 Å². The normalized spacial score (nSPS) is 23.9. The van der Waals surface area contributed by atoms with Crippen LogP contribution in [0.25, 0.3) is 0 Å². The maximum atomic E-state index is 11.9. The van der Waals surface area contributed by atoms with Crippen molar-refractivity contribution in [3.63, 3.8) is 0 Å².